The summed E-state index contributed by atoms with van der Waals surface area (Å²) in [4.78, 5) is 3.62. The van der Waals surface area contributed by atoms with Crippen LogP contribution in [-0.2, 0) is 6.18 Å². The number of aromatic nitrogens is 1. The first-order valence-electron chi connectivity index (χ1n) is 7.42. The maximum atomic E-state index is 12.6. The highest BCUT2D eigenvalue weighted by atomic mass is 35.5. The molecule has 2 N–H and O–H groups in total. The largest absolute Gasteiger partial charge is 0.417 e. The minimum Gasteiger partial charge on any atom is -0.378 e. The number of nitrogens with zero attached hydrogens (tertiary/aromatic N) is 2. The molecule has 136 valence electrons. The van der Waals surface area contributed by atoms with E-state index in [0.29, 0.717) is 6.20 Å². The van der Waals surface area contributed by atoms with E-state index in [1.807, 2.05) is 0 Å². The number of halogens is 4. The van der Waals surface area contributed by atoms with Gasteiger partial charge >= 0.3 is 6.18 Å². The van der Waals surface area contributed by atoms with Gasteiger partial charge in [0.2, 0.25) is 0 Å². The lowest BCUT2D eigenvalue weighted by Crippen LogP contribution is -2.14. The first kappa shape index (κ1) is 19.8. The molecule has 1 aromatic heterocycles. The van der Waals surface area contributed by atoms with Crippen molar-refractivity contribution in [1.82, 2.24) is 4.98 Å². The zero-order valence-electron chi connectivity index (χ0n) is 13.9. The van der Waals surface area contributed by atoms with Crippen molar-refractivity contribution in [3.05, 3.63) is 58.2 Å². The summed E-state index contributed by atoms with van der Waals surface area (Å²) >= 11 is 5.77. The number of aliphatic hydroxyl groups is 1. The lowest BCUT2D eigenvalue weighted by molar-refractivity contribution is -0.137. The van der Waals surface area contributed by atoms with E-state index in [-0.39, 0.29) is 10.8 Å². The van der Waals surface area contributed by atoms with Gasteiger partial charge in [-0.1, -0.05) is 35.6 Å². The van der Waals surface area contributed by atoms with Gasteiger partial charge in [0.1, 0.15) is 5.60 Å². The number of hydrogen-bond donors (Lipinski definition) is 2. The molecule has 0 aliphatic heterocycles. The Morgan fingerprint density at radius 3 is 2.42 bits per heavy atom. The van der Waals surface area contributed by atoms with Crippen LogP contribution in [0.4, 0.5) is 19.0 Å². The lowest BCUT2D eigenvalue weighted by Gasteiger charge is -2.08. The molecule has 0 spiro atoms. The molecule has 0 fully saturated rings. The molecular weight excluding hydrogens is 367 g/mol. The first-order chi connectivity index (χ1) is 12.0. The third-order valence-corrected chi connectivity index (χ3v) is 3.26. The quantitative estimate of drug-likeness (QED) is 0.473. The Labute approximate surface area is 153 Å². The van der Waals surface area contributed by atoms with Crippen molar-refractivity contribution >= 4 is 23.6 Å². The van der Waals surface area contributed by atoms with Gasteiger partial charge in [0.15, 0.2) is 5.82 Å². The van der Waals surface area contributed by atoms with Crippen molar-refractivity contribution in [2.75, 3.05) is 5.43 Å². The summed E-state index contributed by atoms with van der Waals surface area (Å²) in [6.07, 6.45) is -2.36. The number of rotatable bonds is 3. The Hall–Kier alpha value is -2.56. The molecule has 8 heteroatoms. The Morgan fingerprint density at radius 2 is 1.88 bits per heavy atom. The van der Waals surface area contributed by atoms with Gasteiger partial charge in [0, 0.05) is 11.8 Å². The Kier molecular flexibility index (Phi) is 5.90. The molecule has 26 heavy (non-hydrogen) atoms. The molecule has 0 aliphatic rings. The van der Waals surface area contributed by atoms with Crippen molar-refractivity contribution < 1.29 is 18.3 Å². The van der Waals surface area contributed by atoms with Gasteiger partial charge in [-0.25, -0.2) is 4.98 Å². The Morgan fingerprint density at radius 1 is 1.23 bits per heavy atom. The van der Waals surface area contributed by atoms with Crippen LogP contribution in [0.2, 0.25) is 5.02 Å². The van der Waals surface area contributed by atoms with Crippen LogP contribution >= 0.6 is 11.6 Å². The predicted molar refractivity (Wildman–Crippen MR) is 95.1 cm³/mol. The number of benzene rings is 1. The standard InChI is InChI=1S/C18H15ClF3N3O/c1-17(2,26)8-7-12-3-5-13(6-4-12)10-24-25-16-15(19)9-14(11-23-16)18(20,21)22/h3-6,9-11,26H,1-2H3,(H,23,25). The van der Waals surface area contributed by atoms with Crippen LogP contribution in [0.5, 0.6) is 0 Å². The van der Waals surface area contributed by atoms with E-state index in [4.69, 9.17) is 11.6 Å². The van der Waals surface area contributed by atoms with E-state index < -0.39 is 17.3 Å². The van der Waals surface area contributed by atoms with Crippen molar-refractivity contribution in [1.29, 1.82) is 0 Å². The second-order valence-electron chi connectivity index (χ2n) is 5.85. The van der Waals surface area contributed by atoms with Gasteiger partial charge in [-0.2, -0.15) is 18.3 Å². The molecular formula is C18H15ClF3N3O. The van der Waals surface area contributed by atoms with Crippen LogP contribution in [0.1, 0.15) is 30.5 Å². The van der Waals surface area contributed by atoms with Crippen molar-refractivity contribution in [3.8, 4) is 11.8 Å². The minimum atomic E-state index is -4.51. The highest BCUT2D eigenvalue weighted by Gasteiger charge is 2.31. The summed E-state index contributed by atoms with van der Waals surface area (Å²) in [5.74, 6) is 5.56. The molecule has 0 bridgehead atoms. The van der Waals surface area contributed by atoms with Crippen LogP contribution in [0.3, 0.4) is 0 Å². The third-order valence-electron chi connectivity index (χ3n) is 2.98. The topological polar surface area (TPSA) is 57.5 Å². The molecule has 0 saturated carbocycles. The van der Waals surface area contributed by atoms with Gasteiger partial charge < -0.3 is 5.11 Å². The maximum Gasteiger partial charge on any atom is 0.417 e. The molecule has 4 nitrogen and oxygen atoms in total. The summed E-state index contributed by atoms with van der Waals surface area (Å²) in [6, 6.07) is 7.79. The van der Waals surface area contributed by atoms with E-state index in [2.05, 4.69) is 27.4 Å². The summed E-state index contributed by atoms with van der Waals surface area (Å²) in [5.41, 5.74) is 1.95. The van der Waals surface area contributed by atoms with E-state index >= 15 is 0 Å². The molecule has 0 atom stereocenters. The number of nitrogens with one attached hydrogen (secondary N) is 1. The molecule has 0 radical (unpaired) electrons. The number of alkyl halides is 3. The Bertz CT molecular complexity index is 860. The SMILES string of the molecule is CC(C)(O)C#Cc1ccc(C=NNc2ncc(C(F)(F)F)cc2Cl)cc1. The van der Waals surface area contributed by atoms with Crippen molar-refractivity contribution in [3.63, 3.8) is 0 Å². The molecule has 0 aliphatic carbocycles. The van der Waals surface area contributed by atoms with E-state index in [9.17, 15) is 18.3 Å². The summed E-state index contributed by atoms with van der Waals surface area (Å²) in [7, 11) is 0. The smallest absolute Gasteiger partial charge is 0.378 e. The van der Waals surface area contributed by atoms with Crippen molar-refractivity contribution in [2.24, 2.45) is 5.10 Å². The van der Waals surface area contributed by atoms with E-state index in [0.717, 1.165) is 17.2 Å². The van der Waals surface area contributed by atoms with Crippen LogP contribution < -0.4 is 5.43 Å². The van der Waals surface area contributed by atoms with Gasteiger partial charge in [-0.3, -0.25) is 5.43 Å². The van der Waals surface area contributed by atoms with Gasteiger partial charge in [-0.05, 0) is 37.6 Å². The summed E-state index contributed by atoms with van der Waals surface area (Å²) in [5, 5.41) is 13.3. The monoisotopic (exact) mass is 381 g/mol. The molecule has 1 heterocycles. The fourth-order valence-electron chi connectivity index (χ4n) is 1.72. The van der Waals surface area contributed by atoms with E-state index in [1.54, 1.807) is 38.1 Å². The minimum absolute atomic E-state index is 0.0172. The molecule has 1 aromatic carbocycles. The average molecular weight is 382 g/mol. The second kappa shape index (κ2) is 7.77. The number of hydrogen-bond acceptors (Lipinski definition) is 4. The van der Waals surface area contributed by atoms with E-state index in [1.165, 1.54) is 6.21 Å². The third kappa shape index (κ3) is 6.06. The second-order valence-corrected chi connectivity index (χ2v) is 6.26. The van der Waals surface area contributed by atoms with Gasteiger partial charge in [-0.15, -0.1) is 0 Å². The summed E-state index contributed by atoms with van der Waals surface area (Å²) in [6.45, 7) is 3.18. The molecule has 2 rings (SSSR count). The zero-order valence-corrected chi connectivity index (χ0v) is 14.7. The normalized spacial score (nSPS) is 12.0. The van der Waals surface area contributed by atoms with Crippen LogP contribution in [0, 0.1) is 11.8 Å². The van der Waals surface area contributed by atoms with Crippen LogP contribution in [0.25, 0.3) is 0 Å². The van der Waals surface area contributed by atoms with Crippen molar-refractivity contribution in [2.45, 2.75) is 25.6 Å². The van der Waals surface area contributed by atoms with Gasteiger partial charge in [0.25, 0.3) is 0 Å². The van der Waals surface area contributed by atoms with Crippen LogP contribution in [0.15, 0.2) is 41.6 Å². The predicted octanol–water partition coefficient (Wildman–Crippen LogP) is 4.32. The zero-order chi connectivity index (χ0) is 19.4. The number of hydrazone groups is 1. The summed E-state index contributed by atoms with van der Waals surface area (Å²) < 4.78 is 37.7. The molecule has 0 amide bonds. The number of pyridine rings is 1. The fourth-order valence-corrected chi connectivity index (χ4v) is 1.93. The lowest BCUT2D eigenvalue weighted by atomic mass is 10.1. The fraction of sp³-hybridized carbons (Fsp3) is 0.222. The van der Waals surface area contributed by atoms with Crippen LogP contribution in [-0.4, -0.2) is 21.9 Å². The molecule has 0 saturated heterocycles. The Balaban J connectivity index is 2.03. The first-order valence-corrected chi connectivity index (χ1v) is 7.80. The molecule has 2 aromatic rings. The number of anilines is 1. The highest BCUT2D eigenvalue weighted by molar-refractivity contribution is 6.32. The highest BCUT2D eigenvalue weighted by Crippen LogP contribution is 2.32. The average Bonchev–Trinajstić information content (AvgIpc) is 2.54. The maximum absolute atomic E-state index is 12.6. The van der Waals surface area contributed by atoms with Gasteiger partial charge in [0.05, 0.1) is 16.8 Å². The molecule has 0 unspecified atom stereocenters.